The van der Waals surface area contributed by atoms with Crippen LogP contribution in [0.2, 0.25) is 0 Å². The van der Waals surface area contributed by atoms with Crippen LogP contribution in [0.1, 0.15) is 0 Å². The van der Waals surface area contributed by atoms with Crippen molar-refractivity contribution in [2.24, 2.45) is 0 Å². The highest BCUT2D eigenvalue weighted by Crippen LogP contribution is 2.24. The summed E-state index contributed by atoms with van der Waals surface area (Å²) in [4.78, 5) is 4.60. The number of fused-ring (bicyclic) bond motifs is 2. The Kier molecular flexibility index (Phi) is 2.73. The van der Waals surface area contributed by atoms with E-state index in [-0.39, 0.29) is 0 Å². The molecule has 2 nitrogen and oxygen atoms in total. The van der Waals surface area contributed by atoms with E-state index < -0.39 is 0 Å². The predicted octanol–water partition coefficient (Wildman–Crippen LogP) is 4.78. The summed E-state index contributed by atoms with van der Waals surface area (Å²) in [5, 5.41) is 3.66. The summed E-state index contributed by atoms with van der Waals surface area (Å²) < 4.78 is 3.39. The van der Waals surface area contributed by atoms with Crippen LogP contribution in [0, 0.1) is 3.57 Å². The SMILES string of the molecule is [123I]c1cccc2cnc(-n3ccc4ccccc43)cc12. The lowest BCUT2D eigenvalue weighted by Gasteiger charge is -2.07. The molecule has 3 heteroatoms. The number of aromatic nitrogens is 2. The highest BCUT2D eigenvalue weighted by molar-refractivity contribution is 14.1. The number of rotatable bonds is 1. The van der Waals surface area contributed by atoms with E-state index in [1.165, 1.54) is 25.2 Å². The Morgan fingerprint density at radius 2 is 1.75 bits per heavy atom. The molecule has 0 aliphatic carbocycles. The Bertz CT molecular complexity index is 924. The van der Waals surface area contributed by atoms with Gasteiger partial charge in [-0.2, -0.15) is 0 Å². The Hall–Kier alpha value is -1.88. The molecule has 0 radical (unpaired) electrons. The third-order valence-electron chi connectivity index (χ3n) is 3.54. The van der Waals surface area contributed by atoms with Gasteiger partial charge in [-0.3, -0.25) is 0 Å². The minimum atomic E-state index is 0.961. The van der Waals surface area contributed by atoms with Crippen molar-refractivity contribution >= 4 is 44.3 Å². The summed E-state index contributed by atoms with van der Waals surface area (Å²) in [7, 11) is 0. The molecule has 2 aromatic carbocycles. The van der Waals surface area contributed by atoms with E-state index in [9.17, 15) is 0 Å². The van der Waals surface area contributed by atoms with Gasteiger partial charge in [0, 0.05) is 26.7 Å². The summed E-state index contributed by atoms with van der Waals surface area (Å²) in [6, 6.07) is 18.9. The average molecular weight is 366 g/mol. The van der Waals surface area contributed by atoms with Crippen LogP contribution < -0.4 is 0 Å². The molecule has 0 amide bonds. The number of hydrogen-bond acceptors (Lipinski definition) is 1. The van der Waals surface area contributed by atoms with E-state index in [1.807, 2.05) is 6.20 Å². The number of hydrogen-bond donors (Lipinski definition) is 0. The van der Waals surface area contributed by atoms with Crippen LogP contribution in [0.15, 0.2) is 67.0 Å². The minimum absolute atomic E-state index is 0.961. The van der Waals surface area contributed by atoms with Gasteiger partial charge in [-0.05, 0) is 52.2 Å². The molecule has 0 bridgehead atoms. The first-order valence-corrected chi connectivity index (χ1v) is 7.51. The van der Waals surface area contributed by atoms with Gasteiger partial charge in [0.25, 0.3) is 0 Å². The highest BCUT2D eigenvalue weighted by Gasteiger charge is 2.06. The molecule has 0 spiro atoms. The van der Waals surface area contributed by atoms with Crippen LogP contribution in [-0.4, -0.2) is 9.55 Å². The third kappa shape index (κ3) is 1.81. The second-order valence-corrected chi connectivity index (χ2v) is 5.91. The fourth-order valence-electron chi connectivity index (χ4n) is 2.54. The molecule has 0 aliphatic rings. The molecule has 0 unspecified atom stereocenters. The van der Waals surface area contributed by atoms with Gasteiger partial charge in [-0.25, -0.2) is 4.98 Å². The molecular formula is C17H11IN2. The average Bonchev–Trinajstić information content (AvgIpc) is 2.91. The standard InChI is InChI=1S/C17H11IN2/c18-15-6-3-5-13-11-19-17(10-14(13)15)20-9-8-12-4-1-2-7-16(12)20/h1-11H/i18-4. The number of nitrogens with zero attached hydrogens (tertiary/aromatic N) is 2. The van der Waals surface area contributed by atoms with Gasteiger partial charge in [-0.1, -0.05) is 30.3 Å². The molecule has 2 heterocycles. The fourth-order valence-corrected chi connectivity index (χ4v) is 3.21. The van der Waals surface area contributed by atoms with Gasteiger partial charge in [0.15, 0.2) is 0 Å². The van der Waals surface area contributed by atoms with Crippen LogP contribution in [0.3, 0.4) is 0 Å². The van der Waals surface area contributed by atoms with Crippen molar-refractivity contribution in [3.05, 3.63) is 70.6 Å². The lowest BCUT2D eigenvalue weighted by atomic mass is 10.2. The normalized spacial score (nSPS) is 11.2. The predicted molar refractivity (Wildman–Crippen MR) is 91.3 cm³/mol. The maximum atomic E-state index is 4.60. The molecule has 0 saturated heterocycles. The van der Waals surface area contributed by atoms with Crippen LogP contribution in [-0.2, 0) is 0 Å². The molecule has 0 aliphatic heterocycles. The first-order valence-electron chi connectivity index (χ1n) is 6.44. The van der Waals surface area contributed by atoms with Crippen molar-refractivity contribution in [2.75, 3.05) is 0 Å². The summed E-state index contributed by atoms with van der Waals surface area (Å²) in [5.74, 6) is 0.961. The molecule has 0 atom stereocenters. The van der Waals surface area contributed by atoms with Crippen molar-refractivity contribution in [1.29, 1.82) is 0 Å². The Balaban J connectivity index is 2.00. The van der Waals surface area contributed by atoms with Gasteiger partial charge in [-0.15, -0.1) is 0 Å². The maximum Gasteiger partial charge on any atom is 0.137 e. The molecule has 4 aromatic rings. The van der Waals surface area contributed by atoms with Crippen molar-refractivity contribution in [2.45, 2.75) is 0 Å². The summed E-state index contributed by atoms with van der Waals surface area (Å²) in [6.45, 7) is 0. The van der Waals surface area contributed by atoms with Gasteiger partial charge in [0.1, 0.15) is 5.82 Å². The van der Waals surface area contributed by atoms with Crippen molar-refractivity contribution in [1.82, 2.24) is 9.55 Å². The summed E-state index contributed by atoms with van der Waals surface area (Å²) in [5.41, 5.74) is 1.19. The maximum absolute atomic E-state index is 4.60. The van der Waals surface area contributed by atoms with E-state index in [1.54, 1.807) is 0 Å². The molecule has 0 saturated carbocycles. The topological polar surface area (TPSA) is 17.8 Å². The lowest BCUT2D eigenvalue weighted by Crippen LogP contribution is -1.95. The highest BCUT2D eigenvalue weighted by atomic mass is 123. The zero-order chi connectivity index (χ0) is 13.5. The largest absolute Gasteiger partial charge is 0.301 e. The summed E-state index contributed by atoms with van der Waals surface area (Å²) >= 11 is 2.37. The van der Waals surface area contributed by atoms with E-state index in [0.29, 0.717) is 0 Å². The Morgan fingerprint density at radius 3 is 2.70 bits per heavy atom. The van der Waals surface area contributed by atoms with Gasteiger partial charge in [0.2, 0.25) is 0 Å². The molecular weight excluding hydrogens is 355 g/mol. The second-order valence-electron chi connectivity index (χ2n) is 4.75. The van der Waals surface area contributed by atoms with Gasteiger partial charge >= 0.3 is 0 Å². The quantitative estimate of drug-likeness (QED) is 0.443. The molecule has 20 heavy (non-hydrogen) atoms. The van der Waals surface area contributed by atoms with Crippen molar-refractivity contribution in [3.8, 4) is 5.82 Å². The first kappa shape index (κ1) is 11.9. The monoisotopic (exact) mass is 366 g/mol. The Labute approximate surface area is 130 Å². The van der Waals surface area contributed by atoms with Crippen LogP contribution >= 0.6 is 22.6 Å². The van der Waals surface area contributed by atoms with Gasteiger partial charge < -0.3 is 4.57 Å². The van der Waals surface area contributed by atoms with E-state index >= 15 is 0 Å². The lowest BCUT2D eigenvalue weighted by molar-refractivity contribution is 1.05. The molecule has 0 fully saturated rings. The van der Waals surface area contributed by atoms with E-state index in [0.717, 1.165) is 5.82 Å². The number of para-hydroxylation sites is 1. The smallest absolute Gasteiger partial charge is 0.137 e. The van der Waals surface area contributed by atoms with Crippen LogP contribution in [0.4, 0.5) is 0 Å². The fraction of sp³-hybridized carbons (Fsp3) is 0. The van der Waals surface area contributed by atoms with Crippen molar-refractivity contribution in [3.63, 3.8) is 0 Å². The molecule has 96 valence electrons. The minimum Gasteiger partial charge on any atom is -0.301 e. The molecule has 2 aromatic heterocycles. The van der Waals surface area contributed by atoms with Gasteiger partial charge in [0.05, 0.1) is 5.52 Å². The van der Waals surface area contributed by atoms with E-state index in [2.05, 4.69) is 92.9 Å². The van der Waals surface area contributed by atoms with Crippen molar-refractivity contribution < 1.29 is 0 Å². The third-order valence-corrected chi connectivity index (χ3v) is 4.48. The van der Waals surface area contributed by atoms with Crippen LogP contribution in [0.25, 0.3) is 27.5 Å². The number of halogens is 1. The zero-order valence-electron chi connectivity index (χ0n) is 10.6. The summed E-state index contributed by atoms with van der Waals surface area (Å²) in [6.07, 6.45) is 4.02. The Morgan fingerprint density at radius 1 is 0.900 bits per heavy atom. The zero-order valence-corrected chi connectivity index (χ0v) is 12.8. The second kappa shape index (κ2) is 4.59. The number of benzene rings is 2. The molecule has 0 N–H and O–H groups in total. The number of pyridine rings is 1. The van der Waals surface area contributed by atoms with E-state index in [4.69, 9.17) is 0 Å². The van der Waals surface area contributed by atoms with Crippen LogP contribution in [0.5, 0.6) is 0 Å². The first-order chi connectivity index (χ1) is 9.83. The molecule has 4 rings (SSSR count).